The molecule has 0 fully saturated rings. The second-order valence-electron chi connectivity index (χ2n) is 7.49. The van der Waals surface area contributed by atoms with Crippen LogP contribution < -0.4 is 19.7 Å². The molecule has 0 bridgehead atoms. The van der Waals surface area contributed by atoms with E-state index in [1.54, 1.807) is 42.5 Å². The van der Waals surface area contributed by atoms with Gasteiger partial charge in [0.25, 0.3) is 10.0 Å². The molecule has 0 aromatic heterocycles. The van der Waals surface area contributed by atoms with Crippen LogP contribution in [0.5, 0.6) is 5.75 Å². The first-order valence-corrected chi connectivity index (χ1v) is 12.0. The van der Waals surface area contributed by atoms with Crippen molar-refractivity contribution in [1.82, 2.24) is 0 Å². The number of sulfonamides is 1. The fourth-order valence-corrected chi connectivity index (χ4v) is 5.27. The molecule has 0 saturated heterocycles. The summed E-state index contributed by atoms with van der Waals surface area (Å²) in [5.74, 6) is -1.16. The van der Waals surface area contributed by atoms with E-state index >= 15 is 0 Å². The third kappa shape index (κ3) is 4.72. The molecule has 1 atom stereocenters. The molecule has 3 aromatic rings. The van der Waals surface area contributed by atoms with Crippen molar-refractivity contribution >= 4 is 38.9 Å². The summed E-state index contributed by atoms with van der Waals surface area (Å²) in [6.07, 6.45) is -0.437. The maximum atomic E-state index is 13.5. The molecule has 8 nitrogen and oxygen atoms in total. The van der Waals surface area contributed by atoms with Gasteiger partial charge in [-0.1, -0.05) is 12.1 Å². The molecule has 0 radical (unpaired) electrons. The molecular weight excluding hydrogens is 461 g/mol. The number of hydrogen-bond acceptors (Lipinski definition) is 5. The Morgan fingerprint density at radius 1 is 1.06 bits per heavy atom. The number of nitrogens with zero attached hydrogens (tertiary/aromatic N) is 1. The number of para-hydroxylation sites is 2. The van der Waals surface area contributed by atoms with E-state index in [0.29, 0.717) is 23.7 Å². The van der Waals surface area contributed by atoms with Crippen molar-refractivity contribution < 1.29 is 27.1 Å². The molecule has 2 amide bonds. The number of anilines is 3. The topological polar surface area (TPSA) is 105 Å². The molecule has 0 aliphatic carbocycles. The first kappa shape index (κ1) is 23.2. The molecule has 3 aromatic carbocycles. The van der Waals surface area contributed by atoms with Crippen molar-refractivity contribution in [2.24, 2.45) is 0 Å². The molecule has 176 valence electrons. The van der Waals surface area contributed by atoms with Crippen molar-refractivity contribution in [3.8, 4) is 5.75 Å². The number of nitrogens with one attached hydrogen (secondary N) is 2. The average Bonchev–Trinajstić information content (AvgIpc) is 2.81. The second-order valence-corrected chi connectivity index (χ2v) is 9.30. The second kappa shape index (κ2) is 9.52. The number of ether oxygens (including phenoxy) is 1. The zero-order valence-electron chi connectivity index (χ0n) is 18.2. The molecule has 10 heteroatoms. The first-order valence-electron chi connectivity index (χ1n) is 10.5. The fourth-order valence-electron chi connectivity index (χ4n) is 3.64. The van der Waals surface area contributed by atoms with Crippen LogP contribution in [0.25, 0.3) is 0 Å². The molecule has 4 rings (SSSR count). The lowest BCUT2D eigenvalue weighted by Gasteiger charge is -2.36. The Morgan fingerprint density at radius 2 is 1.74 bits per heavy atom. The van der Waals surface area contributed by atoms with E-state index in [9.17, 15) is 22.4 Å². The molecule has 1 aliphatic rings. The Hall–Kier alpha value is -3.92. The maximum absolute atomic E-state index is 13.5. The Balaban J connectivity index is 1.65. The maximum Gasteiger partial charge on any atom is 0.265 e. The van der Waals surface area contributed by atoms with Gasteiger partial charge in [0, 0.05) is 5.69 Å². The molecule has 0 saturated carbocycles. The lowest BCUT2D eigenvalue weighted by Crippen LogP contribution is -2.52. The minimum Gasteiger partial charge on any atom is -0.494 e. The SMILES string of the molecule is CCOc1ccc(NC(=O)CC2C(=O)Nc3ccccc3N2S(=O)(=O)c2ccc(F)cc2)cc1. The lowest BCUT2D eigenvalue weighted by atomic mass is 10.1. The Kier molecular flexibility index (Phi) is 6.51. The van der Waals surface area contributed by atoms with E-state index in [0.717, 1.165) is 28.6 Å². The van der Waals surface area contributed by atoms with Crippen molar-refractivity contribution in [1.29, 1.82) is 0 Å². The molecule has 1 heterocycles. The highest BCUT2D eigenvalue weighted by Crippen LogP contribution is 2.37. The van der Waals surface area contributed by atoms with E-state index in [4.69, 9.17) is 4.74 Å². The molecule has 1 unspecified atom stereocenters. The van der Waals surface area contributed by atoms with Gasteiger partial charge in [-0.15, -0.1) is 0 Å². The zero-order valence-corrected chi connectivity index (χ0v) is 19.0. The van der Waals surface area contributed by atoms with Crippen LogP contribution in [-0.4, -0.2) is 32.9 Å². The summed E-state index contributed by atoms with van der Waals surface area (Å²) in [5, 5.41) is 5.34. The van der Waals surface area contributed by atoms with E-state index in [1.807, 2.05) is 6.92 Å². The fraction of sp³-hybridized carbons (Fsp3) is 0.167. The van der Waals surface area contributed by atoms with E-state index < -0.39 is 40.1 Å². The normalized spacial score (nSPS) is 15.3. The van der Waals surface area contributed by atoms with Crippen molar-refractivity contribution in [3.05, 3.63) is 78.6 Å². The van der Waals surface area contributed by atoms with Crippen LogP contribution in [0.3, 0.4) is 0 Å². The van der Waals surface area contributed by atoms with Crippen LogP contribution in [0.1, 0.15) is 13.3 Å². The van der Waals surface area contributed by atoms with E-state index in [-0.39, 0.29) is 10.6 Å². The van der Waals surface area contributed by atoms with Crippen LogP contribution >= 0.6 is 0 Å². The molecule has 0 spiro atoms. The summed E-state index contributed by atoms with van der Waals surface area (Å²) in [4.78, 5) is 25.5. The number of hydrogen-bond donors (Lipinski definition) is 2. The van der Waals surface area contributed by atoms with Gasteiger partial charge in [-0.3, -0.25) is 13.9 Å². The third-order valence-corrected chi connectivity index (χ3v) is 7.02. The van der Waals surface area contributed by atoms with Gasteiger partial charge in [-0.25, -0.2) is 12.8 Å². The monoisotopic (exact) mass is 483 g/mol. The van der Waals surface area contributed by atoms with Gasteiger partial charge in [0.15, 0.2) is 0 Å². The van der Waals surface area contributed by atoms with Gasteiger partial charge in [-0.2, -0.15) is 0 Å². The van der Waals surface area contributed by atoms with E-state index in [1.165, 1.54) is 6.07 Å². The summed E-state index contributed by atoms with van der Waals surface area (Å²) in [6, 6.07) is 16.0. The molecule has 34 heavy (non-hydrogen) atoms. The van der Waals surface area contributed by atoms with Gasteiger partial charge in [0.05, 0.1) is 29.3 Å². The standard InChI is InChI=1S/C24H22FN3O5S/c1-2-33-18-11-9-17(10-12-18)26-23(29)15-22-24(30)27-20-5-3-4-6-21(20)28(22)34(31,32)19-13-7-16(25)8-14-19/h3-14,22H,2,15H2,1H3,(H,26,29)(H,27,30). The smallest absolute Gasteiger partial charge is 0.265 e. The Bertz CT molecular complexity index is 1310. The molecular formula is C24H22FN3O5S. The molecule has 2 N–H and O–H groups in total. The number of carbonyl (C=O) groups excluding carboxylic acids is 2. The predicted molar refractivity (Wildman–Crippen MR) is 126 cm³/mol. The van der Waals surface area contributed by atoms with Crippen LogP contribution in [0, 0.1) is 5.82 Å². The van der Waals surface area contributed by atoms with Gasteiger partial charge in [0.2, 0.25) is 11.8 Å². The number of rotatable bonds is 7. The third-order valence-electron chi connectivity index (χ3n) is 5.18. The first-order chi connectivity index (χ1) is 16.3. The summed E-state index contributed by atoms with van der Waals surface area (Å²) in [5.41, 5.74) is 0.977. The van der Waals surface area contributed by atoms with Crippen LogP contribution in [0.15, 0.2) is 77.7 Å². The highest BCUT2D eigenvalue weighted by atomic mass is 32.2. The Labute approximate surface area is 196 Å². The predicted octanol–water partition coefficient (Wildman–Crippen LogP) is 3.77. The number of carbonyl (C=O) groups is 2. The van der Waals surface area contributed by atoms with E-state index in [2.05, 4.69) is 10.6 Å². The minimum atomic E-state index is -4.30. The summed E-state index contributed by atoms with van der Waals surface area (Å²) >= 11 is 0. The van der Waals surface area contributed by atoms with Crippen LogP contribution in [-0.2, 0) is 19.6 Å². The highest BCUT2D eigenvalue weighted by molar-refractivity contribution is 7.93. The minimum absolute atomic E-state index is 0.199. The number of benzene rings is 3. The van der Waals surface area contributed by atoms with Crippen molar-refractivity contribution in [3.63, 3.8) is 0 Å². The number of amides is 2. The quantitative estimate of drug-likeness (QED) is 0.532. The van der Waals surface area contributed by atoms with Crippen LogP contribution in [0.4, 0.5) is 21.5 Å². The lowest BCUT2D eigenvalue weighted by molar-refractivity contribution is -0.122. The number of fused-ring (bicyclic) bond motifs is 1. The average molecular weight is 484 g/mol. The largest absolute Gasteiger partial charge is 0.494 e. The summed E-state index contributed by atoms with van der Waals surface area (Å²) in [7, 11) is -4.30. The van der Waals surface area contributed by atoms with Crippen molar-refractivity contribution in [2.75, 3.05) is 21.5 Å². The Morgan fingerprint density at radius 3 is 2.41 bits per heavy atom. The summed E-state index contributed by atoms with van der Waals surface area (Å²) < 4.78 is 46.8. The highest BCUT2D eigenvalue weighted by Gasteiger charge is 2.42. The number of halogens is 1. The van der Waals surface area contributed by atoms with Gasteiger partial charge in [-0.05, 0) is 67.6 Å². The van der Waals surface area contributed by atoms with Gasteiger partial charge in [0.1, 0.15) is 17.6 Å². The van der Waals surface area contributed by atoms with Gasteiger partial charge < -0.3 is 15.4 Å². The zero-order chi connectivity index (χ0) is 24.3. The van der Waals surface area contributed by atoms with Gasteiger partial charge >= 0.3 is 0 Å². The summed E-state index contributed by atoms with van der Waals surface area (Å²) in [6.45, 7) is 2.36. The van der Waals surface area contributed by atoms with Crippen molar-refractivity contribution in [2.45, 2.75) is 24.3 Å². The van der Waals surface area contributed by atoms with Crippen LogP contribution in [0.2, 0.25) is 0 Å². The molecule has 1 aliphatic heterocycles.